The number of nitrogens with one attached hydrogen (secondary N) is 2. The number of aryl methyl sites for hydroxylation is 1. The van der Waals surface area contributed by atoms with E-state index in [1.54, 1.807) is 0 Å². The maximum Gasteiger partial charge on any atom is 0.190 e. The van der Waals surface area contributed by atoms with Gasteiger partial charge in [0.25, 0.3) is 0 Å². The Morgan fingerprint density at radius 2 is 1.95 bits per heavy atom. The maximum absolute atomic E-state index is 4.20. The minimum atomic E-state index is 0. The largest absolute Gasteiger partial charge is 0.356 e. The van der Waals surface area contributed by atoms with Gasteiger partial charge < -0.3 is 15.2 Å². The van der Waals surface area contributed by atoms with E-state index in [9.17, 15) is 0 Å². The molecule has 0 radical (unpaired) electrons. The van der Waals surface area contributed by atoms with Crippen molar-refractivity contribution in [3.05, 3.63) is 18.7 Å². The van der Waals surface area contributed by atoms with Gasteiger partial charge >= 0.3 is 0 Å². The number of aliphatic imine (C=N–C) groups is 1. The third kappa shape index (κ3) is 8.85. The molecule has 0 bridgehead atoms. The highest BCUT2D eigenvalue weighted by Gasteiger charge is 1.96. The smallest absolute Gasteiger partial charge is 0.190 e. The molecule has 0 spiro atoms. The number of aromatic nitrogens is 2. The molecule has 2 N–H and O–H groups in total. The summed E-state index contributed by atoms with van der Waals surface area (Å²) < 4.78 is 2.08. The Morgan fingerprint density at radius 1 is 1.21 bits per heavy atom. The Bertz CT molecular complexity index is 324. The van der Waals surface area contributed by atoms with Crippen molar-refractivity contribution in [2.45, 2.75) is 39.2 Å². The molecule has 0 amide bonds. The lowest BCUT2D eigenvalue weighted by atomic mass is 10.2. The fraction of sp³-hybridized carbons (Fsp3) is 0.692. The van der Waals surface area contributed by atoms with Gasteiger partial charge in [0.15, 0.2) is 5.96 Å². The normalized spacial score (nSPS) is 10.9. The average Bonchev–Trinajstić information content (AvgIpc) is 2.90. The molecule has 0 saturated heterocycles. The maximum atomic E-state index is 4.20. The summed E-state index contributed by atoms with van der Waals surface area (Å²) in [5.74, 6) is 0.900. The summed E-state index contributed by atoms with van der Waals surface area (Å²) in [6.07, 6.45) is 10.4. The van der Waals surface area contributed by atoms with Gasteiger partial charge in [-0.1, -0.05) is 19.8 Å². The van der Waals surface area contributed by atoms with Crippen LogP contribution < -0.4 is 10.6 Å². The summed E-state index contributed by atoms with van der Waals surface area (Å²) in [5, 5.41) is 6.63. The Kier molecular flexibility index (Phi) is 11.7. The third-order valence-corrected chi connectivity index (χ3v) is 2.74. The van der Waals surface area contributed by atoms with Gasteiger partial charge in [0.05, 0.1) is 6.33 Å². The van der Waals surface area contributed by atoms with Crippen LogP contribution in [0.4, 0.5) is 0 Å². The van der Waals surface area contributed by atoms with Crippen molar-refractivity contribution in [1.29, 1.82) is 0 Å². The number of guanidine groups is 1. The second-order valence-electron chi connectivity index (χ2n) is 4.29. The molecule has 1 aromatic rings. The van der Waals surface area contributed by atoms with E-state index in [-0.39, 0.29) is 24.0 Å². The van der Waals surface area contributed by atoms with E-state index >= 15 is 0 Å². The van der Waals surface area contributed by atoms with Gasteiger partial charge in [-0.2, -0.15) is 0 Å². The Hall–Kier alpha value is -0.790. The number of nitrogens with zero attached hydrogens (tertiary/aromatic N) is 3. The van der Waals surface area contributed by atoms with E-state index in [1.807, 2.05) is 25.8 Å². The van der Waals surface area contributed by atoms with Crippen LogP contribution in [-0.2, 0) is 6.54 Å². The molecular formula is C13H26IN5. The number of rotatable bonds is 8. The van der Waals surface area contributed by atoms with Crippen molar-refractivity contribution in [3.63, 3.8) is 0 Å². The van der Waals surface area contributed by atoms with E-state index in [1.165, 1.54) is 19.3 Å². The number of imidazole rings is 1. The van der Waals surface area contributed by atoms with Crippen LogP contribution in [-0.4, -0.2) is 35.6 Å². The van der Waals surface area contributed by atoms with Gasteiger partial charge in [0.1, 0.15) is 0 Å². The molecule has 1 aromatic heterocycles. The van der Waals surface area contributed by atoms with E-state index < -0.39 is 0 Å². The molecule has 1 rings (SSSR count). The first-order chi connectivity index (χ1) is 8.86. The molecule has 6 heteroatoms. The molecule has 0 aromatic carbocycles. The number of hydrogen-bond donors (Lipinski definition) is 2. The monoisotopic (exact) mass is 379 g/mol. The van der Waals surface area contributed by atoms with Crippen LogP contribution in [0.2, 0.25) is 0 Å². The number of hydrogen-bond acceptors (Lipinski definition) is 2. The standard InChI is InChI=1S/C13H25N5.HI/c1-3-4-5-7-16-13(14-2)17-8-6-10-18-11-9-15-12-18;/h9,11-12H,3-8,10H2,1-2H3,(H2,14,16,17);1H. The molecular weight excluding hydrogens is 353 g/mol. The van der Waals surface area contributed by atoms with E-state index in [4.69, 9.17) is 0 Å². The van der Waals surface area contributed by atoms with Gasteiger partial charge in [-0.05, 0) is 12.8 Å². The first-order valence-corrected chi connectivity index (χ1v) is 6.77. The average molecular weight is 379 g/mol. The molecule has 1 heterocycles. The first-order valence-electron chi connectivity index (χ1n) is 6.77. The molecule has 0 aliphatic heterocycles. The van der Waals surface area contributed by atoms with E-state index in [0.29, 0.717) is 0 Å². The molecule has 0 unspecified atom stereocenters. The van der Waals surface area contributed by atoms with Crippen LogP contribution in [0.1, 0.15) is 32.6 Å². The van der Waals surface area contributed by atoms with Gasteiger partial charge in [-0.15, -0.1) is 24.0 Å². The van der Waals surface area contributed by atoms with Crippen molar-refractivity contribution in [2.75, 3.05) is 20.1 Å². The van der Waals surface area contributed by atoms with Crippen LogP contribution in [0.3, 0.4) is 0 Å². The number of unbranched alkanes of at least 4 members (excludes halogenated alkanes) is 2. The molecule has 19 heavy (non-hydrogen) atoms. The lowest BCUT2D eigenvalue weighted by molar-refractivity contribution is 0.620. The highest BCUT2D eigenvalue weighted by molar-refractivity contribution is 14.0. The fourth-order valence-corrected chi connectivity index (χ4v) is 1.69. The summed E-state index contributed by atoms with van der Waals surface area (Å²) in [4.78, 5) is 8.21. The SMILES string of the molecule is CCCCCNC(=NC)NCCCn1ccnc1.I. The summed E-state index contributed by atoms with van der Waals surface area (Å²) in [5.41, 5.74) is 0. The zero-order valence-corrected chi connectivity index (χ0v) is 14.3. The fourth-order valence-electron chi connectivity index (χ4n) is 1.69. The summed E-state index contributed by atoms with van der Waals surface area (Å²) in [7, 11) is 1.81. The minimum Gasteiger partial charge on any atom is -0.356 e. The van der Waals surface area contributed by atoms with Gasteiger partial charge in [0, 0.05) is 39.1 Å². The predicted octanol–water partition coefficient (Wildman–Crippen LogP) is 2.25. The van der Waals surface area contributed by atoms with Gasteiger partial charge in [0.2, 0.25) is 0 Å². The Labute approximate surface area is 133 Å². The van der Waals surface area contributed by atoms with Gasteiger partial charge in [-0.3, -0.25) is 4.99 Å². The Morgan fingerprint density at radius 3 is 2.53 bits per heavy atom. The van der Waals surface area contributed by atoms with Gasteiger partial charge in [-0.25, -0.2) is 4.98 Å². The van der Waals surface area contributed by atoms with Crippen molar-refractivity contribution < 1.29 is 0 Å². The zero-order valence-electron chi connectivity index (χ0n) is 11.9. The third-order valence-electron chi connectivity index (χ3n) is 2.74. The molecule has 0 fully saturated rings. The highest BCUT2D eigenvalue weighted by Crippen LogP contribution is 1.91. The predicted molar refractivity (Wildman–Crippen MR) is 91.1 cm³/mol. The number of halogens is 1. The topological polar surface area (TPSA) is 54.2 Å². The van der Waals surface area contributed by atoms with E-state index in [0.717, 1.165) is 32.0 Å². The van der Waals surface area contributed by atoms with Crippen molar-refractivity contribution in [3.8, 4) is 0 Å². The molecule has 0 aliphatic carbocycles. The molecule has 5 nitrogen and oxygen atoms in total. The van der Waals surface area contributed by atoms with Crippen LogP contribution in [0.15, 0.2) is 23.7 Å². The molecule has 0 atom stereocenters. The molecule has 0 aliphatic rings. The van der Waals surface area contributed by atoms with Crippen LogP contribution >= 0.6 is 24.0 Å². The zero-order chi connectivity index (χ0) is 13.1. The summed E-state index contributed by atoms with van der Waals surface area (Å²) in [6, 6.07) is 0. The summed E-state index contributed by atoms with van der Waals surface area (Å²) >= 11 is 0. The second-order valence-corrected chi connectivity index (χ2v) is 4.29. The Balaban J connectivity index is 0.00000324. The quantitative estimate of drug-likeness (QED) is 0.315. The van der Waals surface area contributed by atoms with Crippen LogP contribution in [0, 0.1) is 0 Å². The van der Waals surface area contributed by atoms with Crippen LogP contribution in [0.5, 0.6) is 0 Å². The highest BCUT2D eigenvalue weighted by atomic mass is 127. The van der Waals surface area contributed by atoms with Crippen molar-refractivity contribution in [2.24, 2.45) is 4.99 Å². The van der Waals surface area contributed by atoms with E-state index in [2.05, 4.69) is 32.1 Å². The minimum absolute atomic E-state index is 0. The lowest BCUT2D eigenvalue weighted by Gasteiger charge is -2.11. The lowest BCUT2D eigenvalue weighted by Crippen LogP contribution is -2.38. The summed E-state index contributed by atoms with van der Waals surface area (Å²) in [6.45, 7) is 5.11. The second kappa shape index (κ2) is 12.3. The van der Waals surface area contributed by atoms with Crippen molar-refractivity contribution in [1.82, 2.24) is 20.2 Å². The van der Waals surface area contributed by atoms with Crippen molar-refractivity contribution >= 4 is 29.9 Å². The molecule has 0 saturated carbocycles. The first kappa shape index (κ1) is 18.2. The molecule has 110 valence electrons. The van der Waals surface area contributed by atoms with Crippen LogP contribution in [0.25, 0.3) is 0 Å².